The molecule has 0 unspecified atom stereocenters. The van der Waals surface area contributed by atoms with Crippen LogP contribution in [0, 0.1) is 0 Å². The fraction of sp³-hybridized carbons (Fsp3) is 1.00. The van der Waals surface area contributed by atoms with Gasteiger partial charge in [0.25, 0.3) is 0 Å². The van der Waals surface area contributed by atoms with Crippen molar-refractivity contribution in [2.24, 2.45) is 0 Å². The van der Waals surface area contributed by atoms with Crippen molar-refractivity contribution in [3.8, 4) is 0 Å². The molecule has 0 aliphatic heterocycles. The van der Waals surface area contributed by atoms with Gasteiger partial charge in [0, 0.05) is 0 Å². The third kappa shape index (κ3) is 3.36. The molecule has 0 rings (SSSR count). The topological polar surface area (TPSA) is 29.5 Å². The van der Waals surface area contributed by atoms with E-state index < -0.39 is 21.4 Å². The van der Waals surface area contributed by atoms with Crippen molar-refractivity contribution in [3.05, 3.63) is 0 Å². The van der Waals surface area contributed by atoms with E-state index in [9.17, 15) is 0 Å². The van der Waals surface area contributed by atoms with E-state index in [1.54, 1.807) is 13.1 Å². The molecule has 0 aromatic heterocycles. The van der Waals surface area contributed by atoms with Gasteiger partial charge in [-0.15, -0.1) is 0 Å². The van der Waals surface area contributed by atoms with Crippen molar-refractivity contribution in [1.82, 2.24) is 0 Å². The molecule has 0 radical (unpaired) electrons. The Morgan fingerprint density at radius 3 is 2.18 bits per heavy atom. The lowest BCUT2D eigenvalue weighted by atomic mass is 10.2. The van der Waals surface area contributed by atoms with E-state index in [0.717, 1.165) is 0 Å². The maximum atomic E-state index is 9.03. The van der Waals surface area contributed by atoms with Crippen LogP contribution in [-0.4, -0.2) is 26.5 Å². The molecule has 0 heterocycles. The molecule has 2 nitrogen and oxygen atoms in total. The van der Waals surface area contributed by atoms with Crippen LogP contribution < -0.4 is 0 Å². The average Bonchev–Trinajstić information content (AvgIpc) is 1.77. The van der Waals surface area contributed by atoms with Gasteiger partial charge in [-0.3, -0.25) is 0 Å². The van der Waals surface area contributed by atoms with Crippen molar-refractivity contribution in [1.29, 1.82) is 0 Å². The van der Waals surface area contributed by atoms with Crippen LogP contribution in [0.4, 0.5) is 0 Å². The molecular formula is C8H20O2Si. The largest absolute Gasteiger partial charge is 0.414 e. The van der Waals surface area contributed by atoms with E-state index in [0.29, 0.717) is 0 Å². The molecule has 0 saturated carbocycles. The Labute approximate surface area is 76.3 Å². The van der Waals surface area contributed by atoms with E-state index in [4.69, 9.17) is 15.0 Å². The van der Waals surface area contributed by atoms with Gasteiger partial charge in [0.05, 0.1) is 18.6 Å². The number of aliphatic hydroxyl groups is 1. The highest BCUT2D eigenvalue weighted by atomic mass is 28.4. The second-order valence-electron chi connectivity index (χ2n) is 4.08. The lowest BCUT2D eigenvalue weighted by molar-refractivity contribution is 0.189. The smallest absolute Gasteiger partial charge is 0.192 e. The summed E-state index contributed by atoms with van der Waals surface area (Å²) in [5.41, 5.74) is 0. The minimum atomic E-state index is -2.98. The predicted molar refractivity (Wildman–Crippen MR) is 50.2 cm³/mol. The minimum Gasteiger partial charge on any atom is -0.414 e. The maximum Gasteiger partial charge on any atom is 0.192 e. The van der Waals surface area contributed by atoms with Gasteiger partial charge in [0.1, 0.15) is 0 Å². The Hall–Kier alpha value is 0.137. The summed E-state index contributed by atoms with van der Waals surface area (Å²) in [6.45, 7) is 3.71. The Bertz CT molecular complexity index is 206. The molecule has 11 heavy (non-hydrogen) atoms. The summed E-state index contributed by atoms with van der Waals surface area (Å²) >= 11 is 0. The zero-order chi connectivity index (χ0) is 12.7. The van der Waals surface area contributed by atoms with Crippen molar-refractivity contribution in [2.45, 2.75) is 38.9 Å². The highest BCUT2D eigenvalue weighted by Gasteiger charge is 2.36. The zero-order valence-corrected chi connectivity index (χ0v) is 8.86. The van der Waals surface area contributed by atoms with Crippen molar-refractivity contribution in [2.75, 3.05) is 13.1 Å². The molecule has 3 heteroatoms. The molecule has 0 amide bonds. The maximum absolute atomic E-state index is 9.03. The van der Waals surface area contributed by atoms with Crippen LogP contribution in [0.5, 0.6) is 0 Å². The Morgan fingerprint density at radius 2 is 1.91 bits per heavy atom. The molecule has 0 saturated heterocycles. The number of hydrogen-bond acceptors (Lipinski definition) is 2. The van der Waals surface area contributed by atoms with Crippen molar-refractivity contribution in [3.63, 3.8) is 0 Å². The summed E-state index contributed by atoms with van der Waals surface area (Å²) < 4.78 is 33.9. The van der Waals surface area contributed by atoms with E-state index in [-0.39, 0.29) is 5.04 Å². The third-order valence-electron chi connectivity index (χ3n) is 2.16. The summed E-state index contributed by atoms with van der Waals surface area (Å²) in [7, 11) is -2.43. The van der Waals surface area contributed by atoms with Gasteiger partial charge in [-0.1, -0.05) is 20.8 Å². The minimum absolute atomic E-state index is 0.231. The molecule has 0 bridgehead atoms. The lowest BCUT2D eigenvalue weighted by Crippen LogP contribution is -2.41. The normalized spacial score (nSPS) is 21.6. The quantitative estimate of drug-likeness (QED) is 0.534. The lowest BCUT2D eigenvalue weighted by Gasteiger charge is -2.35. The van der Waals surface area contributed by atoms with Crippen molar-refractivity contribution >= 4 is 8.32 Å². The van der Waals surface area contributed by atoms with Crippen LogP contribution in [0.15, 0.2) is 0 Å². The zero-order valence-electron chi connectivity index (χ0n) is 11.9. The van der Waals surface area contributed by atoms with Crippen molar-refractivity contribution < 1.29 is 15.0 Å². The van der Waals surface area contributed by atoms with Gasteiger partial charge in [0.2, 0.25) is 0 Å². The number of rotatable bonds is 3. The van der Waals surface area contributed by atoms with E-state index in [1.807, 2.05) is 20.8 Å². The molecule has 0 aromatic rings. The third-order valence-corrected chi connectivity index (χ3v) is 6.38. The predicted octanol–water partition coefficient (Wildman–Crippen LogP) is 2.00. The number of hydrogen-bond donors (Lipinski definition) is 1. The van der Waals surface area contributed by atoms with Gasteiger partial charge in [0.15, 0.2) is 8.32 Å². The molecule has 68 valence electrons. The summed E-state index contributed by atoms with van der Waals surface area (Å²) in [5.74, 6) is 0. The SMILES string of the molecule is [2H][13C]([2H])(O)[13C]([2H])([2H])O[Si](C)(C)C(C)(C)C. The molecule has 0 aliphatic carbocycles. The first kappa shape index (κ1) is 5.73. The molecular weight excluding hydrogens is 158 g/mol. The van der Waals surface area contributed by atoms with Crippen LogP contribution in [0.3, 0.4) is 0 Å². The molecule has 1 N–H and O–H groups in total. The standard InChI is InChI=1S/C8H20O2Si/c1-8(2,3)11(4,5)10-7-6-9/h9H,6-7H2,1-5H3/i6+1D2,7+1D2. The second kappa shape index (κ2) is 3.69. The molecule has 0 spiro atoms. The van der Waals surface area contributed by atoms with Gasteiger partial charge in [-0.2, -0.15) is 0 Å². The first-order valence-electron chi connectivity index (χ1n) is 5.63. The first-order chi connectivity index (χ1) is 6.21. The highest BCUT2D eigenvalue weighted by Crippen LogP contribution is 2.36. The summed E-state index contributed by atoms with van der Waals surface area (Å²) in [6, 6.07) is 0. The van der Waals surface area contributed by atoms with Crippen LogP contribution in [0.1, 0.15) is 26.3 Å². The average molecular weight is 182 g/mol. The highest BCUT2D eigenvalue weighted by molar-refractivity contribution is 6.74. The van der Waals surface area contributed by atoms with Crippen LogP contribution in [0.2, 0.25) is 18.1 Å². The fourth-order valence-electron chi connectivity index (χ4n) is 0.303. The molecule has 0 aliphatic rings. The monoisotopic (exact) mass is 182 g/mol. The summed E-state index contributed by atoms with van der Waals surface area (Å²) in [5, 5.41) is 8.80. The first-order valence-corrected chi connectivity index (χ1v) is 6.54. The fourth-order valence-corrected chi connectivity index (χ4v) is 0.910. The summed E-state index contributed by atoms with van der Waals surface area (Å²) in [6.07, 6.45) is 0. The van der Waals surface area contributed by atoms with Gasteiger partial charge in [-0.05, 0) is 18.1 Å². The van der Waals surface area contributed by atoms with Gasteiger partial charge < -0.3 is 9.53 Å². The molecule has 0 fully saturated rings. The van der Waals surface area contributed by atoms with E-state index in [1.165, 1.54) is 0 Å². The second-order valence-corrected chi connectivity index (χ2v) is 8.80. The molecule has 0 atom stereocenters. The van der Waals surface area contributed by atoms with E-state index >= 15 is 0 Å². The van der Waals surface area contributed by atoms with Crippen LogP contribution >= 0.6 is 0 Å². The Kier molecular flexibility index (Phi) is 1.92. The van der Waals surface area contributed by atoms with Crippen LogP contribution in [0.25, 0.3) is 0 Å². The van der Waals surface area contributed by atoms with Gasteiger partial charge >= 0.3 is 0 Å². The van der Waals surface area contributed by atoms with E-state index in [2.05, 4.69) is 0 Å². The summed E-state index contributed by atoms with van der Waals surface area (Å²) in [4.78, 5) is 0. The Morgan fingerprint density at radius 1 is 1.45 bits per heavy atom. The Balaban J connectivity index is 4.89. The van der Waals surface area contributed by atoms with Gasteiger partial charge in [-0.25, -0.2) is 0 Å². The van der Waals surface area contributed by atoms with Crippen LogP contribution in [-0.2, 0) is 4.43 Å². The molecule has 0 aromatic carbocycles.